The molecule has 1 saturated carbocycles. The lowest BCUT2D eigenvalue weighted by atomic mass is 10.0. The van der Waals surface area contributed by atoms with E-state index >= 15 is 0 Å². The number of aliphatic hydroxyl groups is 1. The summed E-state index contributed by atoms with van der Waals surface area (Å²) in [6.45, 7) is 4.81. The first kappa shape index (κ1) is 23.2. The maximum Gasteiger partial charge on any atom is 0.237 e. The highest BCUT2D eigenvalue weighted by molar-refractivity contribution is 7.10. The number of ether oxygens (including phenoxy) is 1. The highest BCUT2D eigenvalue weighted by Crippen LogP contribution is 2.34. The van der Waals surface area contributed by atoms with Crippen LogP contribution < -0.4 is 4.74 Å². The highest BCUT2D eigenvalue weighted by atomic mass is 32.1. The van der Waals surface area contributed by atoms with Crippen molar-refractivity contribution in [1.29, 1.82) is 0 Å². The van der Waals surface area contributed by atoms with Gasteiger partial charge in [-0.3, -0.25) is 9.69 Å². The van der Waals surface area contributed by atoms with Gasteiger partial charge in [0.25, 0.3) is 0 Å². The molecule has 1 N–H and O–H groups in total. The van der Waals surface area contributed by atoms with Gasteiger partial charge in [-0.2, -0.15) is 0 Å². The minimum absolute atomic E-state index is 0.0823. The van der Waals surface area contributed by atoms with Crippen molar-refractivity contribution in [3.8, 4) is 5.75 Å². The quantitative estimate of drug-likeness (QED) is 0.544. The van der Waals surface area contributed by atoms with E-state index in [1.165, 1.54) is 29.9 Å². The Bertz CT molecular complexity index is 884. The molecule has 0 bridgehead atoms. The molecule has 32 heavy (non-hydrogen) atoms. The Kier molecular flexibility index (Phi) is 7.81. The summed E-state index contributed by atoms with van der Waals surface area (Å²) in [7, 11) is 0. The summed E-state index contributed by atoms with van der Waals surface area (Å²) in [5.41, 5.74) is 1.15. The first-order valence-electron chi connectivity index (χ1n) is 11.7. The van der Waals surface area contributed by atoms with E-state index in [1.54, 1.807) is 23.5 Å². The average molecular weight is 461 g/mol. The first-order chi connectivity index (χ1) is 15.5. The zero-order valence-corrected chi connectivity index (χ0v) is 19.5. The number of nitrogens with zero attached hydrogens (tertiary/aromatic N) is 2. The third kappa shape index (κ3) is 6.09. The van der Waals surface area contributed by atoms with Crippen LogP contribution in [0.25, 0.3) is 0 Å². The van der Waals surface area contributed by atoms with Crippen molar-refractivity contribution in [2.24, 2.45) is 5.92 Å². The molecule has 2 aromatic rings. The van der Waals surface area contributed by atoms with E-state index in [2.05, 4.69) is 23.3 Å². The number of thiophene rings is 1. The lowest BCUT2D eigenvalue weighted by Gasteiger charge is -2.37. The smallest absolute Gasteiger partial charge is 0.237 e. The van der Waals surface area contributed by atoms with Crippen LogP contribution in [0, 0.1) is 11.7 Å². The van der Waals surface area contributed by atoms with Crippen LogP contribution in [0.5, 0.6) is 5.75 Å². The summed E-state index contributed by atoms with van der Waals surface area (Å²) in [6.07, 6.45) is 4.57. The predicted octanol–water partition coefficient (Wildman–Crippen LogP) is 4.27. The fourth-order valence-electron chi connectivity index (χ4n) is 4.45. The Balaban J connectivity index is 1.44. The van der Waals surface area contributed by atoms with E-state index in [0.717, 1.165) is 31.4 Å². The monoisotopic (exact) mass is 460 g/mol. The lowest BCUT2D eigenvalue weighted by molar-refractivity contribution is -0.136. The van der Waals surface area contributed by atoms with Crippen molar-refractivity contribution in [1.82, 2.24) is 9.80 Å². The van der Waals surface area contributed by atoms with Gasteiger partial charge in [-0.05, 0) is 72.9 Å². The number of fused-ring (bicyclic) bond motifs is 1. The molecule has 2 atom stereocenters. The van der Waals surface area contributed by atoms with Crippen LogP contribution in [0.4, 0.5) is 4.39 Å². The summed E-state index contributed by atoms with van der Waals surface area (Å²) >= 11 is 1.72. The van der Waals surface area contributed by atoms with E-state index in [-0.39, 0.29) is 17.8 Å². The summed E-state index contributed by atoms with van der Waals surface area (Å²) in [6, 6.07) is 7.92. The molecule has 2 aliphatic rings. The Labute approximate surface area is 193 Å². The number of rotatable bonds is 11. The van der Waals surface area contributed by atoms with Gasteiger partial charge in [0.1, 0.15) is 18.2 Å². The number of hydrogen-bond donors (Lipinski definition) is 1. The van der Waals surface area contributed by atoms with Crippen molar-refractivity contribution < 1.29 is 19.0 Å². The molecule has 5 nitrogen and oxygen atoms in total. The fraction of sp³-hybridized carbons (Fsp3) is 0.560. The van der Waals surface area contributed by atoms with Crippen LogP contribution in [0.2, 0.25) is 0 Å². The minimum atomic E-state index is -0.394. The van der Waals surface area contributed by atoms with Crippen molar-refractivity contribution in [2.75, 3.05) is 32.8 Å². The molecule has 1 fully saturated rings. The van der Waals surface area contributed by atoms with E-state index in [1.807, 2.05) is 4.90 Å². The SMILES string of the molecule is CCCC(O)CN(CC(=O)N1CCc2sccc2C1COc1ccc(F)cc1)CC1CC1. The van der Waals surface area contributed by atoms with Crippen LogP contribution in [-0.2, 0) is 11.2 Å². The first-order valence-corrected chi connectivity index (χ1v) is 12.6. The molecule has 1 aromatic heterocycles. The minimum Gasteiger partial charge on any atom is -0.491 e. The molecule has 0 saturated heterocycles. The molecule has 7 heteroatoms. The summed E-state index contributed by atoms with van der Waals surface area (Å²) in [5, 5.41) is 12.4. The van der Waals surface area contributed by atoms with Gasteiger partial charge in [-0.15, -0.1) is 11.3 Å². The second-order valence-electron chi connectivity index (χ2n) is 9.00. The molecule has 0 spiro atoms. The largest absolute Gasteiger partial charge is 0.491 e. The van der Waals surface area contributed by atoms with Gasteiger partial charge in [0, 0.05) is 24.5 Å². The maximum absolute atomic E-state index is 13.4. The Hall–Kier alpha value is -1.96. The molecular weight excluding hydrogens is 427 g/mol. The Morgan fingerprint density at radius 1 is 1.31 bits per heavy atom. The molecule has 2 unspecified atom stereocenters. The molecule has 1 aromatic carbocycles. The predicted molar refractivity (Wildman–Crippen MR) is 124 cm³/mol. The standard InChI is InChI=1S/C25H33FN2O3S/c1-2-3-20(29)15-27(14-18-4-5-18)16-25(30)28-12-10-24-22(11-13-32-24)23(28)17-31-21-8-6-19(26)7-9-21/h6-9,11,13,18,20,23,29H,2-5,10,12,14-17H2,1H3. The number of amides is 1. The number of carbonyl (C=O) groups excluding carboxylic acids is 1. The summed E-state index contributed by atoms with van der Waals surface area (Å²) < 4.78 is 19.2. The molecular formula is C25H33FN2O3S. The lowest BCUT2D eigenvalue weighted by Crippen LogP contribution is -2.48. The van der Waals surface area contributed by atoms with Crippen molar-refractivity contribution in [3.05, 3.63) is 52.0 Å². The van der Waals surface area contributed by atoms with Gasteiger partial charge in [-0.1, -0.05) is 13.3 Å². The van der Waals surface area contributed by atoms with Crippen molar-refractivity contribution in [3.63, 3.8) is 0 Å². The van der Waals surface area contributed by atoms with E-state index in [4.69, 9.17) is 4.74 Å². The van der Waals surface area contributed by atoms with Crippen LogP contribution in [0.3, 0.4) is 0 Å². The van der Waals surface area contributed by atoms with Crippen LogP contribution in [0.15, 0.2) is 35.7 Å². The Morgan fingerprint density at radius 3 is 2.81 bits per heavy atom. The molecule has 2 heterocycles. The Morgan fingerprint density at radius 2 is 2.09 bits per heavy atom. The molecule has 4 rings (SSSR count). The van der Waals surface area contributed by atoms with Gasteiger partial charge in [0.15, 0.2) is 0 Å². The van der Waals surface area contributed by atoms with Gasteiger partial charge in [-0.25, -0.2) is 4.39 Å². The second-order valence-corrected chi connectivity index (χ2v) is 10.00. The topological polar surface area (TPSA) is 53.0 Å². The maximum atomic E-state index is 13.4. The van der Waals surface area contributed by atoms with E-state index in [0.29, 0.717) is 37.9 Å². The van der Waals surface area contributed by atoms with Gasteiger partial charge < -0.3 is 14.7 Å². The number of carbonyl (C=O) groups is 1. The van der Waals surface area contributed by atoms with Crippen molar-refractivity contribution in [2.45, 2.75) is 51.2 Å². The second kappa shape index (κ2) is 10.8. The highest BCUT2D eigenvalue weighted by Gasteiger charge is 2.34. The molecule has 1 amide bonds. The third-order valence-corrected chi connectivity index (χ3v) is 7.30. The zero-order valence-electron chi connectivity index (χ0n) is 18.7. The van der Waals surface area contributed by atoms with E-state index < -0.39 is 6.10 Å². The molecule has 1 aliphatic carbocycles. The summed E-state index contributed by atoms with van der Waals surface area (Å²) in [4.78, 5) is 18.8. The van der Waals surface area contributed by atoms with Crippen molar-refractivity contribution >= 4 is 17.2 Å². The van der Waals surface area contributed by atoms with Crippen LogP contribution in [-0.4, -0.2) is 59.7 Å². The molecule has 174 valence electrons. The van der Waals surface area contributed by atoms with Gasteiger partial charge in [0.05, 0.1) is 18.7 Å². The number of hydrogen-bond acceptors (Lipinski definition) is 5. The molecule has 1 aliphatic heterocycles. The number of aliphatic hydroxyl groups excluding tert-OH is 1. The number of halogens is 1. The van der Waals surface area contributed by atoms with Crippen LogP contribution >= 0.6 is 11.3 Å². The third-order valence-electron chi connectivity index (χ3n) is 6.30. The zero-order chi connectivity index (χ0) is 22.5. The fourth-order valence-corrected chi connectivity index (χ4v) is 5.38. The average Bonchev–Trinajstić information content (AvgIpc) is 3.45. The summed E-state index contributed by atoms with van der Waals surface area (Å²) in [5.74, 6) is 1.03. The van der Waals surface area contributed by atoms with Gasteiger partial charge in [0.2, 0.25) is 5.91 Å². The number of benzene rings is 1. The normalized spacial score (nSPS) is 19.1. The van der Waals surface area contributed by atoms with E-state index in [9.17, 15) is 14.3 Å². The van der Waals surface area contributed by atoms with Gasteiger partial charge >= 0.3 is 0 Å². The molecule has 0 radical (unpaired) electrons. The van der Waals surface area contributed by atoms with Crippen LogP contribution in [0.1, 0.15) is 49.1 Å².